The minimum atomic E-state index is -1.05. The first-order valence-corrected chi connectivity index (χ1v) is 9.92. The van der Waals surface area contributed by atoms with Gasteiger partial charge in [0.2, 0.25) is 11.8 Å². The highest BCUT2D eigenvalue weighted by Crippen LogP contribution is 2.30. The van der Waals surface area contributed by atoms with E-state index in [2.05, 4.69) is 30.3 Å². The number of aromatic nitrogens is 6. The molecule has 0 bridgehead atoms. The van der Waals surface area contributed by atoms with Gasteiger partial charge in [0.05, 0.1) is 10.6 Å². The first-order chi connectivity index (χ1) is 14.5. The molecule has 0 aliphatic carbocycles. The van der Waals surface area contributed by atoms with Crippen molar-refractivity contribution >= 4 is 35.1 Å². The molecular formula is C18H17Cl2N7O3. The van der Waals surface area contributed by atoms with Gasteiger partial charge in [-0.2, -0.15) is 4.80 Å². The standard InChI is InChI=1S/C18H17Cl2N7O3/c19-12-1-2-14(20)15(7-12)30-13-3-5-26(6-4-13)18-21-8-11(9-22-18)17-23-25-27(24-17)10-16(28)29/h1-2,7-9,13H,3-6,10H2,(H,28,29). The summed E-state index contributed by atoms with van der Waals surface area (Å²) in [4.78, 5) is 22.6. The maximum absolute atomic E-state index is 10.7. The summed E-state index contributed by atoms with van der Waals surface area (Å²) in [6, 6.07) is 5.17. The summed E-state index contributed by atoms with van der Waals surface area (Å²) in [6.45, 7) is 1.10. The molecule has 30 heavy (non-hydrogen) atoms. The van der Waals surface area contributed by atoms with Crippen LogP contribution in [0.5, 0.6) is 5.75 Å². The molecule has 1 saturated heterocycles. The van der Waals surface area contributed by atoms with E-state index < -0.39 is 5.97 Å². The Labute approximate surface area is 181 Å². The van der Waals surface area contributed by atoms with E-state index in [1.54, 1.807) is 30.6 Å². The van der Waals surface area contributed by atoms with Gasteiger partial charge in [-0.15, -0.1) is 10.2 Å². The first kappa shape index (κ1) is 20.3. The molecule has 0 saturated carbocycles. The molecule has 2 aromatic heterocycles. The fraction of sp³-hybridized carbons (Fsp3) is 0.333. The number of benzene rings is 1. The lowest BCUT2D eigenvalue weighted by Gasteiger charge is -2.32. The smallest absolute Gasteiger partial charge is 0.327 e. The van der Waals surface area contributed by atoms with Crippen LogP contribution >= 0.6 is 23.2 Å². The number of anilines is 1. The van der Waals surface area contributed by atoms with Crippen molar-refractivity contribution in [2.75, 3.05) is 18.0 Å². The topological polar surface area (TPSA) is 119 Å². The zero-order valence-corrected chi connectivity index (χ0v) is 17.2. The molecule has 1 aliphatic rings. The van der Waals surface area contributed by atoms with Gasteiger partial charge in [-0.25, -0.2) is 9.97 Å². The van der Waals surface area contributed by atoms with Gasteiger partial charge in [0.25, 0.3) is 0 Å². The van der Waals surface area contributed by atoms with Crippen LogP contribution in [0.2, 0.25) is 10.0 Å². The summed E-state index contributed by atoms with van der Waals surface area (Å²) in [7, 11) is 0. The average molecular weight is 450 g/mol. The second-order valence-electron chi connectivity index (χ2n) is 6.69. The molecule has 3 aromatic rings. The van der Waals surface area contributed by atoms with Crippen LogP contribution < -0.4 is 9.64 Å². The molecule has 0 amide bonds. The molecular weight excluding hydrogens is 433 g/mol. The molecule has 0 unspecified atom stereocenters. The number of halogens is 2. The summed E-state index contributed by atoms with van der Waals surface area (Å²) < 4.78 is 6.01. The lowest BCUT2D eigenvalue weighted by atomic mass is 10.1. The van der Waals surface area contributed by atoms with E-state index in [9.17, 15) is 4.79 Å². The van der Waals surface area contributed by atoms with Gasteiger partial charge in [0.1, 0.15) is 11.9 Å². The van der Waals surface area contributed by atoms with Crippen molar-refractivity contribution in [3.8, 4) is 17.1 Å². The number of rotatable bonds is 6. The van der Waals surface area contributed by atoms with Crippen LogP contribution in [0.15, 0.2) is 30.6 Å². The summed E-state index contributed by atoms with van der Waals surface area (Å²) in [6.07, 6.45) is 4.81. The van der Waals surface area contributed by atoms with Crippen LogP contribution in [-0.2, 0) is 11.3 Å². The third-order valence-electron chi connectivity index (χ3n) is 4.54. The van der Waals surface area contributed by atoms with E-state index in [0.29, 0.717) is 27.3 Å². The van der Waals surface area contributed by atoms with Crippen molar-refractivity contribution in [3.63, 3.8) is 0 Å². The Morgan fingerprint density at radius 1 is 1.20 bits per heavy atom. The zero-order chi connectivity index (χ0) is 21.1. The fourth-order valence-electron chi connectivity index (χ4n) is 3.07. The van der Waals surface area contributed by atoms with Gasteiger partial charge in [-0.05, 0) is 17.3 Å². The highest BCUT2D eigenvalue weighted by Gasteiger charge is 2.23. The van der Waals surface area contributed by atoms with Crippen LogP contribution in [-0.4, -0.2) is 60.4 Å². The van der Waals surface area contributed by atoms with E-state index in [-0.39, 0.29) is 18.5 Å². The number of carbonyl (C=O) groups is 1. The Morgan fingerprint density at radius 2 is 1.93 bits per heavy atom. The number of hydrogen-bond donors (Lipinski definition) is 1. The molecule has 0 radical (unpaired) electrons. The summed E-state index contributed by atoms with van der Waals surface area (Å²) >= 11 is 12.2. The molecule has 1 fully saturated rings. The van der Waals surface area contributed by atoms with E-state index >= 15 is 0 Å². The maximum Gasteiger partial charge on any atom is 0.327 e. The van der Waals surface area contributed by atoms with Crippen molar-refractivity contribution in [1.82, 2.24) is 30.2 Å². The predicted molar refractivity (Wildman–Crippen MR) is 109 cm³/mol. The number of carboxylic acid groups (broad SMARTS) is 1. The minimum Gasteiger partial charge on any atom is -0.489 e. The lowest BCUT2D eigenvalue weighted by molar-refractivity contribution is -0.138. The van der Waals surface area contributed by atoms with E-state index in [1.165, 1.54) is 0 Å². The van der Waals surface area contributed by atoms with E-state index in [0.717, 1.165) is 30.7 Å². The summed E-state index contributed by atoms with van der Waals surface area (Å²) in [5, 5.41) is 21.4. The van der Waals surface area contributed by atoms with Crippen molar-refractivity contribution in [2.45, 2.75) is 25.5 Å². The number of carboxylic acids is 1. The third-order valence-corrected chi connectivity index (χ3v) is 5.08. The molecule has 4 rings (SSSR count). The van der Waals surface area contributed by atoms with Gasteiger partial charge in [0.15, 0.2) is 6.54 Å². The minimum absolute atomic E-state index is 0.0324. The highest BCUT2D eigenvalue weighted by molar-refractivity contribution is 6.34. The SMILES string of the molecule is O=C(O)Cn1nnc(-c2cnc(N3CCC(Oc4cc(Cl)ccc4Cl)CC3)nc2)n1. The zero-order valence-electron chi connectivity index (χ0n) is 15.6. The number of nitrogens with zero attached hydrogens (tertiary/aromatic N) is 7. The van der Waals surface area contributed by atoms with Gasteiger partial charge < -0.3 is 14.7 Å². The molecule has 3 heterocycles. The molecule has 1 aromatic carbocycles. The normalized spacial score (nSPS) is 14.7. The fourth-order valence-corrected chi connectivity index (χ4v) is 3.39. The quantitative estimate of drug-likeness (QED) is 0.604. The number of hydrogen-bond acceptors (Lipinski definition) is 8. The largest absolute Gasteiger partial charge is 0.489 e. The summed E-state index contributed by atoms with van der Waals surface area (Å²) in [5.41, 5.74) is 0.559. The Hall–Kier alpha value is -2.98. The first-order valence-electron chi connectivity index (χ1n) is 9.16. The van der Waals surface area contributed by atoms with Crippen molar-refractivity contribution in [2.24, 2.45) is 0 Å². The van der Waals surface area contributed by atoms with Crippen molar-refractivity contribution in [3.05, 3.63) is 40.6 Å². The number of aliphatic carboxylic acids is 1. The van der Waals surface area contributed by atoms with Gasteiger partial charge in [-0.1, -0.05) is 23.2 Å². The van der Waals surface area contributed by atoms with Crippen molar-refractivity contribution in [1.29, 1.82) is 0 Å². The lowest BCUT2D eigenvalue weighted by Crippen LogP contribution is -2.39. The summed E-state index contributed by atoms with van der Waals surface area (Å²) in [5.74, 6) is 0.409. The Morgan fingerprint density at radius 3 is 2.63 bits per heavy atom. The van der Waals surface area contributed by atoms with Crippen LogP contribution in [0.4, 0.5) is 5.95 Å². The number of ether oxygens (including phenoxy) is 1. The van der Waals surface area contributed by atoms with Crippen LogP contribution in [0, 0.1) is 0 Å². The highest BCUT2D eigenvalue weighted by atomic mass is 35.5. The molecule has 0 spiro atoms. The Bertz CT molecular complexity index is 1040. The molecule has 156 valence electrons. The molecule has 0 atom stereocenters. The van der Waals surface area contributed by atoms with Gasteiger partial charge in [0, 0.05) is 49.4 Å². The second-order valence-corrected chi connectivity index (χ2v) is 7.53. The van der Waals surface area contributed by atoms with E-state index in [1.807, 2.05) is 0 Å². The number of tetrazole rings is 1. The van der Waals surface area contributed by atoms with Crippen LogP contribution in [0.1, 0.15) is 12.8 Å². The van der Waals surface area contributed by atoms with Gasteiger partial charge in [-0.3, -0.25) is 4.79 Å². The monoisotopic (exact) mass is 449 g/mol. The predicted octanol–water partition coefficient (Wildman–Crippen LogP) is 2.57. The number of piperidine rings is 1. The molecule has 10 nitrogen and oxygen atoms in total. The maximum atomic E-state index is 10.7. The molecule has 12 heteroatoms. The van der Waals surface area contributed by atoms with Crippen LogP contribution in [0.25, 0.3) is 11.4 Å². The second kappa shape index (κ2) is 8.80. The van der Waals surface area contributed by atoms with Crippen molar-refractivity contribution < 1.29 is 14.6 Å². The Balaban J connectivity index is 1.35. The third kappa shape index (κ3) is 4.77. The van der Waals surface area contributed by atoms with E-state index in [4.69, 9.17) is 33.0 Å². The Kier molecular flexibility index (Phi) is 5.96. The van der Waals surface area contributed by atoms with Gasteiger partial charge >= 0.3 is 5.97 Å². The average Bonchev–Trinajstić information content (AvgIpc) is 3.19. The molecule has 1 N–H and O–H groups in total. The van der Waals surface area contributed by atoms with Crippen LogP contribution in [0.3, 0.4) is 0 Å². The molecule has 1 aliphatic heterocycles.